The van der Waals surface area contributed by atoms with Crippen molar-refractivity contribution < 1.29 is 19.1 Å². The Morgan fingerprint density at radius 1 is 0.971 bits per heavy atom. The Hall–Kier alpha value is -3.71. The first kappa shape index (κ1) is 24.4. The largest absolute Gasteiger partial charge is 0.493 e. The van der Waals surface area contributed by atoms with E-state index in [0.29, 0.717) is 54.6 Å². The predicted octanol–water partition coefficient (Wildman–Crippen LogP) is 5.35. The monoisotopic (exact) mass is 493 g/mol. The third-order valence-electron chi connectivity index (χ3n) is 5.90. The molecule has 4 rings (SSSR count). The van der Waals surface area contributed by atoms with Gasteiger partial charge >= 0.3 is 6.03 Å². The van der Waals surface area contributed by atoms with E-state index in [1.54, 1.807) is 30.2 Å². The molecule has 1 aliphatic heterocycles. The number of hydrogen-bond acceptors (Lipinski definition) is 4. The number of urea groups is 1. The molecule has 2 N–H and O–H groups in total. The number of likely N-dealkylation sites (tertiary alicyclic amines) is 1. The van der Waals surface area contributed by atoms with Crippen molar-refractivity contribution in [2.75, 3.05) is 25.5 Å². The normalized spacial score (nSPS) is 13.7. The summed E-state index contributed by atoms with van der Waals surface area (Å²) in [5.74, 6) is 0.946. The molecule has 182 valence electrons. The number of halogens is 1. The molecule has 7 nitrogen and oxygen atoms in total. The van der Waals surface area contributed by atoms with E-state index in [1.807, 2.05) is 54.6 Å². The standard InChI is InChI=1S/C27H28ClN3O4/c1-34-25-17-19(11-12-24(25)35-18-20-7-5-6-10-23(20)28)26(32)31-15-13-22(14-16-31)30-27(33)29-21-8-3-2-4-9-21/h2-12,17,22H,13-16,18H2,1H3,(H2,29,30,33). The first-order chi connectivity index (χ1) is 17.0. The summed E-state index contributed by atoms with van der Waals surface area (Å²) in [6.45, 7) is 1.41. The van der Waals surface area contributed by atoms with Gasteiger partial charge in [-0.3, -0.25) is 4.79 Å². The third-order valence-corrected chi connectivity index (χ3v) is 6.27. The lowest BCUT2D eigenvalue weighted by Gasteiger charge is -2.32. The molecule has 1 saturated heterocycles. The van der Waals surface area contributed by atoms with Gasteiger partial charge in [-0.05, 0) is 49.2 Å². The number of nitrogens with zero attached hydrogens (tertiary/aromatic N) is 1. The van der Waals surface area contributed by atoms with Crippen LogP contribution in [0.3, 0.4) is 0 Å². The number of piperidine rings is 1. The Balaban J connectivity index is 1.30. The summed E-state index contributed by atoms with van der Waals surface area (Å²) in [6, 6.07) is 21.7. The van der Waals surface area contributed by atoms with Crippen LogP contribution in [-0.4, -0.2) is 43.1 Å². The minimum Gasteiger partial charge on any atom is -0.493 e. The molecule has 8 heteroatoms. The highest BCUT2D eigenvalue weighted by Gasteiger charge is 2.25. The molecule has 1 fully saturated rings. The smallest absolute Gasteiger partial charge is 0.319 e. The van der Waals surface area contributed by atoms with Gasteiger partial charge in [0.25, 0.3) is 5.91 Å². The molecular formula is C27H28ClN3O4. The number of benzene rings is 3. The lowest BCUT2D eigenvalue weighted by atomic mass is 10.0. The van der Waals surface area contributed by atoms with E-state index in [-0.39, 0.29) is 18.0 Å². The van der Waals surface area contributed by atoms with Gasteiger partial charge in [0, 0.05) is 41.0 Å². The first-order valence-corrected chi connectivity index (χ1v) is 11.9. The van der Waals surface area contributed by atoms with Gasteiger partial charge in [-0.1, -0.05) is 48.0 Å². The fourth-order valence-electron chi connectivity index (χ4n) is 3.97. The van der Waals surface area contributed by atoms with E-state index in [2.05, 4.69) is 10.6 Å². The second kappa shape index (κ2) is 11.6. The Kier molecular flexibility index (Phi) is 8.11. The average Bonchev–Trinajstić information content (AvgIpc) is 2.88. The van der Waals surface area contributed by atoms with Gasteiger partial charge in [0.05, 0.1) is 7.11 Å². The van der Waals surface area contributed by atoms with E-state index in [1.165, 1.54) is 0 Å². The van der Waals surface area contributed by atoms with Crippen LogP contribution in [0, 0.1) is 0 Å². The fourth-order valence-corrected chi connectivity index (χ4v) is 4.16. The molecule has 0 atom stereocenters. The summed E-state index contributed by atoms with van der Waals surface area (Å²) in [5.41, 5.74) is 2.14. The SMILES string of the molecule is COc1cc(C(=O)N2CCC(NC(=O)Nc3ccccc3)CC2)ccc1OCc1ccccc1Cl. The maximum Gasteiger partial charge on any atom is 0.319 e. The average molecular weight is 494 g/mol. The molecule has 0 aliphatic carbocycles. The quantitative estimate of drug-likeness (QED) is 0.464. The zero-order valence-electron chi connectivity index (χ0n) is 19.5. The Bertz CT molecular complexity index is 1160. The maximum atomic E-state index is 13.1. The molecule has 1 heterocycles. The summed E-state index contributed by atoms with van der Waals surface area (Å²) >= 11 is 6.20. The predicted molar refractivity (Wildman–Crippen MR) is 136 cm³/mol. The van der Waals surface area contributed by atoms with Crippen LogP contribution in [0.5, 0.6) is 11.5 Å². The topological polar surface area (TPSA) is 79.9 Å². The van der Waals surface area contributed by atoms with Gasteiger partial charge in [0.2, 0.25) is 0 Å². The molecule has 0 spiro atoms. The minimum absolute atomic E-state index is 0.0119. The molecule has 3 aromatic rings. The van der Waals surface area contributed by atoms with Gasteiger partial charge in [-0.15, -0.1) is 0 Å². The summed E-state index contributed by atoms with van der Waals surface area (Å²) in [7, 11) is 1.55. The van der Waals surface area contributed by atoms with Gasteiger partial charge < -0.3 is 25.0 Å². The Labute approximate surface area is 210 Å². The number of para-hydroxylation sites is 1. The van der Waals surface area contributed by atoms with Gasteiger partial charge in [0.1, 0.15) is 6.61 Å². The summed E-state index contributed by atoms with van der Waals surface area (Å²) in [6.07, 6.45) is 1.37. The number of ether oxygens (including phenoxy) is 2. The van der Waals surface area contributed by atoms with E-state index in [4.69, 9.17) is 21.1 Å². The highest BCUT2D eigenvalue weighted by atomic mass is 35.5. The number of hydrogen-bond donors (Lipinski definition) is 2. The second-order valence-corrected chi connectivity index (χ2v) is 8.68. The van der Waals surface area contributed by atoms with E-state index < -0.39 is 0 Å². The molecule has 1 aliphatic rings. The van der Waals surface area contributed by atoms with Gasteiger partial charge in [-0.25, -0.2) is 4.79 Å². The van der Waals surface area contributed by atoms with E-state index in [9.17, 15) is 9.59 Å². The molecule has 0 radical (unpaired) electrons. The molecule has 0 unspecified atom stereocenters. The highest BCUT2D eigenvalue weighted by molar-refractivity contribution is 6.31. The van der Waals surface area contributed by atoms with Crippen LogP contribution in [-0.2, 0) is 6.61 Å². The molecule has 0 bridgehead atoms. The van der Waals surface area contributed by atoms with Crippen LogP contribution in [0.1, 0.15) is 28.8 Å². The van der Waals surface area contributed by atoms with Crippen molar-refractivity contribution in [2.45, 2.75) is 25.5 Å². The van der Waals surface area contributed by atoms with Crippen LogP contribution in [0.15, 0.2) is 72.8 Å². The van der Waals surface area contributed by atoms with E-state index in [0.717, 1.165) is 11.3 Å². The van der Waals surface area contributed by atoms with Crippen molar-refractivity contribution in [3.05, 3.63) is 88.9 Å². The molecule has 3 aromatic carbocycles. The van der Waals surface area contributed by atoms with Crippen molar-refractivity contribution in [3.8, 4) is 11.5 Å². The van der Waals surface area contributed by atoms with Crippen LogP contribution in [0.2, 0.25) is 5.02 Å². The summed E-state index contributed by atoms with van der Waals surface area (Å²) in [4.78, 5) is 27.1. The van der Waals surface area contributed by atoms with Gasteiger partial charge in [-0.2, -0.15) is 0 Å². The zero-order valence-corrected chi connectivity index (χ0v) is 20.3. The number of anilines is 1. The summed E-state index contributed by atoms with van der Waals surface area (Å²) < 4.78 is 11.4. The highest BCUT2D eigenvalue weighted by Crippen LogP contribution is 2.30. The summed E-state index contributed by atoms with van der Waals surface area (Å²) in [5, 5.41) is 6.45. The molecule has 0 saturated carbocycles. The second-order valence-electron chi connectivity index (χ2n) is 8.28. The van der Waals surface area contributed by atoms with Crippen molar-refractivity contribution in [2.24, 2.45) is 0 Å². The molecular weight excluding hydrogens is 466 g/mol. The van der Waals surface area contributed by atoms with Gasteiger partial charge in [0.15, 0.2) is 11.5 Å². The number of carbonyl (C=O) groups is 2. The molecule has 0 aromatic heterocycles. The third kappa shape index (κ3) is 6.45. The number of amides is 3. The number of methoxy groups -OCH3 is 1. The Morgan fingerprint density at radius 2 is 1.69 bits per heavy atom. The fraction of sp³-hybridized carbons (Fsp3) is 0.259. The minimum atomic E-state index is -0.238. The zero-order chi connectivity index (χ0) is 24.6. The van der Waals surface area contributed by atoms with E-state index >= 15 is 0 Å². The number of rotatable bonds is 7. The molecule has 35 heavy (non-hydrogen) atoms. The van der Waals surface area contributed by atoms with Crippen molar-refractivity contribution in [1.82, 2.24) is 10.2 Å². The lowest BCUT2D eigenvalue weighted by molar-refractivity contribution is 0.0708. The first-order valence-electron chi connectivity index (χ1n) is 11.5. The van der Waals surface area contributed by atoms with Crippen LogP contribution in [0.4, 0.5) is 10.5 Å². The number of nitrogens with one attached hydrogen (secondary N) is 2. The van der Waals surface area contributed by atoms with Crippen molar-refractivity contribution in [1.29, 1.82) is 0 Å². The van der Waals surface area contributed by atoms with Crippen molar-refractivity contribution >= 4 is 29.2 Å². The van der Waals surface area contributed by atoms with Crippen LogP contribution in [0.25, 0.3) is 0 Å². The van der Waals surface area contributed by atoms with Crippen LogP contribution < -0.4 is 20.1 Å². The molecule has 3 amide bonds. The lowest BCUT2D eigenvalue weighted by Crippen LogP contribution is -2.47. The Morgan fingerprint density at radius 3 is 2.40 bits per heavy atom. The van der Waals surface area contributed by atoms with Crippen molar-refractivity contribution in [3.63, 3.8) is 0 Å². The van der Waals surface area contributed by atoms with Crippen LogP contribution >= 0.6 is 11.6 Å². The maximum absolute atomic E-state index is 13.1. The number of carbonyl (C=O) groups excluding carboxylic acids is 2.